The van der Waals surface area contributed by atoms with Gasteiger partial charge in [-0.25, -0.2) is 8.42 Å². The molecular formula is C22H26N4O3S. The van der Waals surface area contributed by atoms with E-state index in [1.807, 2.05) is 57.2 Å². The number of rotatable bonds is 4. The number of nitrogens with zero attached hydrogens (tertiary/aromatic N) is 4. The summed E-state index contributed by atoms with van der Waals surface area (Å²) in [5, 5.41) is 3.94. The SMILES string of the molecule is Cc1cc(C)c(S(=O)(=O)N2CCN(c3ccc(-c4noc(C)n4)cc3)CC2)c(C)c1. The van der Waals surface area contributed by atoms with E-state index < -0.39 is 10.0 Å². The number of hydrogen-bond acceptors (Lipinski definition) is 6. The van der Waals surface area contributed by atoms with Gasteiger partial charge in [0.15, 0.2) is 0 Å². The van der Waals surface area contributed by atoms with Crippen molar-refractivity contribution in [3.8, 4) is 11.4 Å². The number of sulfonamides is 1. The van der Waals surface area contributed by atoms with Crippen LogP contribution in [0.25, 0.3) is 11.4 Å². The lowest BCUT2D eigenvalue weighted by molar-refractivity contribution is 0.384. The summed E-state index contributed by atoms with van der Waals surface area (Å²) in [6.07, 6.45) is 0. The summed E-state index contributed by atoms with van der Waals surface area (Å²) in [6.45, 7) is 9.69. The molecule has 0 aliphatic carbocycles. The molecule has 0 bridgehead atoms. The zero-order valence-corrected chi connectivity index (χ0v) is 18.5. The molecule has 0 amide bonds. The zero-order valence-electron chi connectivity index (χ0n) is 17.7. The van der Waals surface area contributed by atoms with Crippen molar-refractivity contribution < 1.29 is 12.9 Å². The maximum atomic E-state index is 13.3. The van der Waals surface area contributed by atoms with Gasteiger partial charge in [0.25, 0.3) is 0 Å². The molecule has 0 atom stereocenters. The molecule has 2 aromatic carbocycles. The Morgan fingerprint density at radius 1 is 0.900 bits per heavy atom. The van der Waals surface area contributed by atoms with E-state index in [-0.39, 0.29) is 0 Å². The fourth-order valence-electron chi connectivity index (χ4n) is 4.13. The summed E-state index contributed by atoms with van der Waals surface area (Å²) in [5.74, 6) is 1.10. The Morgan fingerprint density at radius 2 is 1.50 bits per heavy atom. The van der Waals surface area contributed by atoms with Gasteiger partial charge in [0.2, 0.25) is 21.7 Å². The minimum atomic E-state index is -3.51. The molecule has 0 saturated carbocycles. The van der Waals surface area contributed by atoms with Gasteiger partial charge >= 0.3 is 0 Å². The van der Waals surface area contributed by atoms with E-state index in [0.717, 1.165) is 27.9 Å². The van der Waals surface area contributed by atoms with Crippen LogP contribution in [0.4, 0.5) is 5.69 Å². The van der Waals surface area contributed by atoms with Gasteiger partial charge < -0.3 is 9.42 Å². The molecule has 1 aliphatic rings. The molecule has 158 valence electrons. The molecule has 0 radical (unpaired) electrons. The molecule has 1 aliphatic heterocycles. The predicted octanol–water partition coefficient (Wildman–Crippen LogP) is 3.48. The first-order valence-corrected chi connectivity index (χ1v) is 11.4. The number of benzene rings is 2. The highest BCUT2D eigenvalue weighted by molar-refractivity contribution is 7.89. The minimum absolute atomic E-state index is 0.446. The molecule has 30 heavy (non-hydrogen) atoms. The number of hydrogen-bond donors (Lipinski definition) is 0. The molecule has 4 rings (SSSR count). The second kappa shape index (κ2) is 7.85. The molecule has 1 saturated heterocycles. The average molecular weight is 427 g/mol. The molecule has 1 aromatic heterocycles. The van der Waals surface area contributed by atoms with Gasteiger partial charge in [0.05, 0.1) is 4.90 Å². The summed E-state index contributed by atoms with van der Waals surface area (Å²) in [5.41, 5.74) is 4.64. The maximum absolute atomic E-state index is 13.3. The first-order chi connectivity index (χ1) is 14.3. The average Bonchev–Trinajstić information content (AvgIpc) is 3.13. The van der Waals surface area contributed by atoms with Gasteiger partial charge in [-0.05, 0) is 56.2 Å². The summed E-state index contributed by atoms with van der Waals surface area (Å²) in [4.78, 5) is 6.89. The second-order valence-corrected chi connectivity index (χ2v) is 9.68. The lowest BCUT2D eigenvalue weighted by Gasteiger charge is -2.36. The Morgan fingerprint density at radius 3 is 2.03 bits per heavy atom. The standard InChI is InChI=1S/C22H26N4O3S/c1-15-13-16(2)21(17(3)14-15)30(27,28)26-11-9-25(10-12-26)20-7-5-19(6-8-20)22-23-18(4)29-24-22/h5-8,13-14H,9-12H2,1-4H3. The van der Waals surface area contributed by atoms with Gasteiger partial charge in [-0.3, -0.25) is 0 Å². The van der Waals surface area contributed by atoms with E-state index in [1.54, 1.807) is 11.2 Å². The van der Waals surface area contributed by atoms with E-state index in [4.69, 9.17) is 4.52 Å². The highest BCUT2D eigenvalue weighted by Gasteiger charge is 2.31. The van der Waals surface area contributed by atoms with Crippen molar-refractivity contribution in [1.82, 2.24) is 14.4 Å². The topological polar surface area (TPSA) is 79.5 Å². The van der Waals surface area contributed by atoms with Gasteiger partial charge in [-0.1, -0.05) is 22.9 Å². The summed E-state index contributed by atoms with van der Waals surface area (Å²) in [7, 11) is -3.51. The molecule has 0 spiro atoms. The molecule has 3 aromatic rings. The second-order valence-electron chi connectivity index (χ2n) is 7.80. The number of anilines is 1. The van der Waals surface area contributed by atoms with Gasteiger partial charge in [0.1, 0.15) is 0 Å². The van der Waals surface area contributed by atoms with Crippen molar-refractivity contribution in [3.05, 3.63) is 59.0 Å². The van der Waals surface area contributed by atoms with Crippen molar-refractivity contribution in [1.29, 1.82) is 0 Å². The van der Waals surface area contributed by atoms with Crippen LogP contribution in [0.5, 0.6) is 0 Å². The number of aryl methyl sites for hydroxylation is 4. The molecule has 2 heterocycles. The van der Waals surface area contributed by atoms with E-state index in [1.165, 1.54) is 0 Å². The van der Waals surface area contributed by atoms with Crippen LogP contribution in [0.2, 0.25) is 0 Å². The summed E-state index contributed by atoms with van der Waals surface area (Å²) < 4.78 is 33.2. The summed E-state index contributed by atoms with van der Waals surface area (Å²) in [6, 6.07) is 11.8. The van der Waals surface area contributed by atoms with Crippen molar-refractivity contribution in [3.63, 3.8) is 0 Å². The third-order valence-corrected chi connectivity index (χ3v) is 7.66. The maximum Gasteiger partial charge on any atom is 0.243 e. The molecule has 8 heteroatoms. The summed E-state index contributed by atoms with van der Waals surface area (Å²) >= 11 is 0. The van der Waals surface area contributed by atoms with Crippen LogP contribution in [0.1, 0.15) is 22.6 Å². The number of aromatic nitrogens is 2. The van der Waals surface area contributed by atoms with Crippen LogP contribution in [-0.4, -0.2) is 49.0 Å². The monoisotopic (exact) mass is 426 g/mol. The Kier molecular flexibility index (Phi) is 5.38. The smallest absolute Gasteiger partial charge is 0.243 e. The van der Waals surface area contributed by atoms with Crippen molar-refractivity contribution in [2.45, 2.75) is 32.6 Å². The number of piperazine rings is 1. The van der Waals surface area contributed by atoms with Gasteiger partial charge in [-0.15, -0.1) is 0 Å². The van der Waals surface area contributed by atoms with Crippen LogP contribution in [0, 0.1) is 27.7 Å². The molecule has 7 nitrogen and oxygen atoms in total. The van der Waals surface area contributed by atoms with Crippen LogP contribution in [-0.2, 0) is 10.0 Å². The Balaban J connectivity index is 1.47. The molecule has 1 fully saturated rings. The zero-order chi connectivity index (χ0) is 21.5. The van der Waals surface area contributed by atoms with Gasteiger partial charge in [-0.2, -0.15) is 9.29 Å². The first-order valence-electron chi connectivity index (χ1n) is 9.99. The van der Waals surface area contributed by atoms with Crippen LogP contribution in [0.3, 0.4) is 0 Å². The first kappa shape index (κ1) is 20.6. The predicted molar refractivity (Wildman–Crippen MR) is 116 cm³/mol. The van der Waals surface area contributed by atoms with E-state index in [9.17, 15) is 8.42 Å². The third-order valence-electron chi connectivity index (χ3n) is 5.46. The van der Waals surface area contributed by atoms with Crippen molar-refractivity contribution in [2.24, 2.45) is 0 Å². The largest absolute Gasteiger partial charge is 0.369 e. The Bertz CT molecular complexity index is 1140. The Hall–Kier alpha value is -2.71. The van der Waals surface area contributed by atoms with Crippen LogP contribution in [0.15, 0.2) is 45.8 Å². The molecular weight excluding hydrogens is 400 g/mol. The highest BCUT2D eigenvalue weighted by atomic mass is 32.2. The highest BCUT2D eigenvalue weighted by Crippen LogP contribution is 2.27. The van der Waals surface area contributed by atoms with E-state index in [0.29, 0.717) is 42.8 Å². The Labute approximate surface area is 177 Å². The van der Waals surface area contributed by atoms with Crippen LogP contribution < -0.4 is 4.90 Å². The van der Waals surface area contributed by atoms with E-state index >= 15 is 0 Å². The molecule has 0 N–H and O–H groups in total. The minimum Gasteiger partial charge on any atom is -0.369 e. The normalized spacial score (nSPS) is 15.5. The van der Waals surface area contributed by atoms with Crippen molar-refractivity contribution >= 4 is 15.7 Å². The fourth-order valence-corrected chi connectivity index (χ4v) is 5.96. The van der Waals surface area contributed by atoms with Crippen LogP contribution >= 0.6 is 0 Å². The van der Waals surface area contributed by atoms with Gasteiger partial charge in [0, 0.05) is 44.4 Å². The quantitative estimate of drug-likeness (QED) is 0.635. The van der Waals surface area contributed by atoms with Crippen molar-refractivity contribution in [2.75, 3.05) is 31.1 Å². The molecule has 0 unspecified atom stereocenters. The lowest BCUT2D eigenvalue weighted by Crippen LogP contribution is -2.48. The third kappa shape index (κ3) is 3.85. The fraction of sp³-hybridized carbons (Fsp3) is 0.364. The lowest BCUT2D eigenvalue weighted by atomic mass is 10.1. The van der Waals surface area contributed by atoms with E-state index in [2.05, 4.69) is 15.0 Å².